The number of carbonyl (C=O) groups is 1. The summed E-state index contributed by atoms with van der Waals surface area (Å²) in [5, 5.41) is 3.52. The van der Waals surface area contributed by atoms with E-state index in [9.17, 15) is 4.79 Å². The Kier molecular flexibility index (Phi) is 2.66. The van der Waals surface area contributed by atoms with Gasteiger partial charge in [0.2, 0.25) is 5.91 Å². The fraction of sp³-hybridized carbons (Fsp3) is 0.923. The predicted molar refractivity (Wildman–Crippen MR) is 63.0 cm³/mol. The Morgan fingerprint density at radius 1 is 1.31 bits per heavy atom. The monoisotopic (exact) mass is 222 g/mol. The Bertz CT molecular complexity index is 292. The summed E-state index contributed by atoms with van der Waals surface area (Å²) in [6.07, 6.45) is 4.33. The van der Waals surface area contributed by atoms with Crippen LogP contribution in [0.2, 0.25) is 0 Å². The van der Waals surface area contributed by atoms with Gasteiger partial charge >= 0.3 is 0 Å². The smallest absolute Gasteiger partial charge is 0.222 e. The minimum absolute atomic E-state index is 0.405. The number of piperidine rings is 2. The summed E-state index contributed by atoms with van der Waals surface area (Å²) < 4.78 is 0. The zero-order valence-electron chi connectivity index (χ0n) is 10.1. The van der Waals surface area contributed by atoms with Gasteiger partial charge in [-0.15, -0.1) is 0 Å². The third-order valence-corrected chi connectivity index (χ3v) is 4.86. The molecule has 3 saturated heterocycles. The molecular formula is C13H22N2O. The Hall–Kier alpha value is -0.570. The highest BCUT2D eigenvalue weighted by Gasteiger charge is 2.50. The van der Waals surface area contributed by atoms with E-state index in [0.717, 1.165) is 43.7 Å². The molecule has 4 atom stereocenters. The van der Waals surface area contributed by atoms with Crippen LogP contribution in [-0.2, 0) is 4.79 Å². The van der Waals surface area contributed by atoms with E-state index >= 15 is 0 Å². The Balaban J connectivity index is 1.77. The number of rotatable bonds is 2. The van der Waals surface area contributed by atoms with Gasteiger partial charge < -0.3 is 10.2 Å². The SMILES string of the molecule is CCCC(=O)N1C[C@H]2CC[C@H]1[C@@H]1CNC[C@H]21. The molecule has 4 aliphatic rings. The predicted octanol–water partition coefficient (Wildman–Crippen LogP) is 1.24. The molecule has 1 saturated carbocycles. The van der Waals surface area contributed by atoms with E-state index in [2.05, 4.69) is 17.1 Å². The molecule has 16 heavy (non-hydrogen) atoms. The fourth-order valence-electron chi connectivity index (χ4n) is 4.12. The lowest BCUT2D eigenvalue weighted by molar-refractivity contribution is -0.143. The van der Waals surface area contributed by atoms with Crippen molar-refractivity contribution in [3.8, 4) is 0 Å². The van der Waals surface area contributed by atoms with Gasteiger partial charge in [-0.2, -0.15) is 0 Å². The van der Waals surface area contributed by atoms with Crippen LogP contribution in [0.15, 0.2) is 0 Å². The molecule has 2 bridgehead atoms. The molecule has 1 aliphatic carbocycles. The molecule has 4 rings (SSSR count). The van der Waals surface area contributed by atoms with E-state index in [1.807, 2.05) is 0 Å². The van der Waals surface area contributed by atoms with Crippen LogP contribution in [0.25, 0.3) is 0 Å². The summed E-state index contributed by atoms with van der Waals surface area (Å²) in [5.74, 6) is 2.81. The van der Waals surface area contributed by atoms with Gasteiger partial charge in [-0.3, -0.25) is 4.79 Å². The Labute approximate surface area is 97.6 Å². The lowest BCUT2D eigenvalue weighted by Gasteiger charge is -2.52. The van der Waals surface area contributed by atoms with Crippen LogP contribution < -0.4 is 5.32 Å². The highest BCUT2D eigenvalue weighted by Crippen LogP contribution is 2.45. The maximum atomic E-state index is 12.1. The maximum Gasteiger partial charge on any atom is 0.222 e. The minimum atomic E-state index is 0.405. The van der Waals surface area contributed by atoms with Gasteiger partial charge in [-0.25, -0.2) is 0 Å². The third kappa shape index (κ3) is 1.48. The van der Waals surface area contributed by atoms with Crippen LogP contribution in [0.1, 0.15) is 32.6 Å². The quantitative estimate of drug-likeness (QED) is 0.762. The number of fused-ring (bicyclic) bond motifs is 2. The fourth-order valence-corrected chi connectivity index (χ4v) is 4.12. The van der Waals surface area contributed by atoms with Crippen LogP contribution >= 0.6 is 0 Å². The lowest BCUT2D eigenvalue weighted by atomic mass is 9.66. The van der Waals surface area contributed by atoms with Gasteiger partial charge in [0.25, 0.3) is 0 Å². The second kappa shape index (κ2) is 4.02. The zero-order chi connectivity index (χ0) is 11.1. The molecule has 0 unspecified atom stereocenters. The van der Waals surface area contributed by atoms with E-state index in [-0.39, 0.29) is 0 Å². The van der Waals surface area contributed by atoms with Crippen molar-refractivity contribution in [1.29, 1.82) is 0 Å². The van der Waals surface area contributed by atoms with Gasteiger partial charge in [0.1, 0.15) is 0 Å². The van der Waals surface area contributed by atoms with Gasteiger partial charge in [0.05, 0.1) is 0 Å². The average molecular weight is 222 g/mol. The molecule has 0 aromatic carbocycles. The second-order valence-corrected chi connectivity index (χ2v) is 5.69. The zero-order valence-corrected chi connectivity index (χ0v) is 10.1. The summed E-state index contributed by atoms with van der Waals surface area (Å²) in [4.78, 5) is 14.3. The molecule has 3 heterocycles. The molecular weight excluding hydrogens is 200 g/mol. The number of carbonyl (C=O) groups excluding carboxylic acids is 1. The first kappa shape index (κ1) is 10.6. The summed E-state index contributed by atoms with van der Waals surface area (Å²) in [6, 6.07) is 0.559. The number of amides is 1. The molecule has 0 aromatic rings. The highest BCUT2D eigenvalue weighted by molar-refractivity contribution is 5.76. The van der Waals surface area contributed by atoms with Crippen molar-refractivity contribution in [2.75, 3.05) is 19.6 Å². The third-order valence-electron chi connectivity index (χ3n) is 4.86. The van der Waals surface area contributed by atoms with Crippen molar-refractivity contribution in [1.82, 2.24) is 10.2 Å². The van der Waals surface area contributed by atoms with Crippen molar-refractivity contribution in [3.63, 3.8) is 0 Å². The van der Waals surface area contributed by atoms with Crippen LogP contribution in [-0.4, -0.2) is 36.5 Å². The van der Waals surface area contributed by atoms with Crippen LogP contribution in [0.5, 0.6) is 0 Å². The summed E-state index contributed by atoms with van der Waals surface area (Å²) >= 11 is 0. The van der Waals surface area contributed by atoms with Crippen molar-refractivity contribution >= 4 is 5.91 Å². The largest absolute Gasteiger partial charge is 0.339 e. The lowest BCUT2D eigenvalue weighted by Crippen LogP contribution is -2.59. The molecule has 3 heteroatoms. The first-order valence-electron chi connectivity index (χ1n) is 6.81. The molecule has 0 aromatic heterocycles. The van der Waals surface area contributed by atoms with Crippen molar-refractivity contribution in [3.05, 3.63) is 0 Å². The van der Waals surface area contributed by atoms with E-state index in [0.29, 0.717) is 11.9 Å². The summed E-state index contributed by atoms with van der Waals surface area (Å²) in [5.41, 5.74) is 0. The molecule has 4 fully saturated rings. The molecule has 1 N–H and O–H groups in total. The maximum absolute atomic E-state index is 12.1. The molecule has 3 aliphatic heterocycles. The van der Waals surface area contributed by atoms with Crippen LogP contribution in [0.3, 0.4) is 0 Å². The molecule has 3 nitrogen and oxygen atoms in total. The number of nitrogens with one attached hydrogen (secondary N) is 1. The van der Waals surface area contributed by atoms with Crippen molar-refractivity contribution in [2.45, 2.75) is 38.6 Å². The first-order valence-corrected chi connectivity index (χ1v) is 6.81. The van der Waals surface area contributed by atoms with Crippen molar-refractivity contribution in [2.24, 2.45) is 17.8 Å². The molecule has 0 radical (unpaired) electrons. The standard InChI is InChI=1S/C13H22N2O/c1-2-3-13(16)15-8-9-4-5-12(15)11-7-14-6-10(9)11/h9-12,14H,2-8H2,1H3/t9-,10-,11-,12+/m1/s1. The number of hydrogen-bond donors (Lipinski definition) is 1. The van der Waals surface area contributed by atoms with E-state index in [1.165, 1.54) is 19.4 Å². The van der Waals surface area contributed by atoms with Gasteiger partial charge in [0, 0.05) is 25.6 Å². The molecule has 1 amide bonds. The van der Waals surface area contributed by atoms with E-state index in [1.54, 1.807) is 0 Å². The normalized spacial score (nSPS) is 41.2. The highest BCUT2D eigenvalue weighted by atomic mass is 16.2. The average Bonchev–Trinajstić information content (AvgIpc) is 2.80. The van der Waals surface area contributed by atoms with E-state index in [4.69, 9.17) is 0 Å². The Morgan fingerprint density at radius 3 is 2.94 bits per heavy atom. The topological polar surface area (TPSA) is 32.3 Å². The van der Waals surface area contributed by atoms with Crippen molar-refractivity contribution < 1.29 is 4.79 Å². The van der Waals surface area contributed by atoms with Gasteiger partial charge in [-0.1, -0.05) is 6.92 Å². The minimum Gasteiger partial charge on any atom is -0.339 e. The summed E-state index contributed by atoms with van der Waals surface area (Å²) in [7, 11) is 0. The number of nitrogens with zero attached hydrogens (tertiary/aromatic N) is 1. The molecule has 0 spiro atoms. The first-order chi connectivity index (χ1) is 7.81. The molecule has 90 valence electrons. The van der Waals surface area contributed by atoms with Gasteiger partial charge in [-0.05, 0) is 43.6 Å². The number of hydrogen-bond acceptors (Lipinski definition) is 2. The van der Waals surface area contributed by atoms with Gasteiger partial charge in [0.15, 0.2) is 0 Å². The second-order valence-electron chi connectivity index (χ2n) is 5.69. The van der Waals surface area contributed by atoms with Crippen LogP contribution in [0, 0.1) is 17.8 Å². The van der Waals surface area contributed by atoms with Crippen LogP contribution in [0.4, 0.5) is 0 Å². The Morgan fingerprint density at radius 2 is 2.12 bits per heavy atom. The van der Waals surface area contributed by atoms with E-state index < -0.39 is 0 Å². The summed E-state index contributed by atoms with van der Waals surface area (Å²) in [6.45, 7) is 5.48.